The van der Waals surface area contributed by atoms with Gasteiger partial charge in [-0.3, -0.25) is 0 Å². The molecular weight excluding hydrogens is 222 g/mol. The average Bonchev–Trinajstić information content (AvgIpc) is 2.51. The lowest BCUT2D eigenvalue weighted by Gasteiger charge is -2.31. The highest BCUT2D eigenvalue weighted by Gasteiger charge is 2.23. The molecule has 0 aliphatic heterocycles. The van der Waals surface area contributed by atoms with E-state index in [1.165, 1.54) is 38.5 Å². The van der Waals surface area contributed by atoms with Crippen LogP contribution in [0.4, 0.5) is 0 Å². The number of rotatable bonds is 5. The SMILES string of the molecule is CC(C)(CNC(C)(C)C)COC1CCCCCC1. The van der Waals surface area contributed by atoms with Gasteiger partial charge in [0, 0.05) is 17.5 Å². The molecule has 0 bridgehead atoms. The molecule has 0 aromatic heterocycles. The number of ether oxygens (including phenoxy) is 1. The molecule has 0 heterocycles. The van der Waals surface area contributed by atoms with Crippen molar-refractivity contribution >= 4 is 0 Å². The van der Waals surface area contributed by atoms with E-state index in [2.05, 4.69) is 39.9 Å². The molecule has 18 heavy (non-hydrogen) atoms. The van der Waals surface area contributed by atoms with E-state index in [1.807, 2.05) is 0 Å². The predicted molar refractivity (Wildman–Crippen MR) is 79.0 cm³/mol. The Labute approximate surface area is 114 Å². The predicted octanol–water partition coefficient (Wildman–Crippen LogP) is 4.14. The highest BCUT2D eigenvalue weighted by molar-refractivity contribution is 4.78. The van der Waals surface area contributed by atoms with Crippen molar-refractivity contribution in [1.29, 1.82) is 0 Å². The molecule has 1 fully saturated rings. The second-order valence-corrected chi connectivity index (χ2v) is 7.69. The second kappa shape index (κ2) is 6.91. The Morgan fingerprint density at radius 3 is 2.00 bits per heavy atom. The fourth-order valence-corrected chi connectivity index (χ4v) is 2.31. The van der Waals surface area contributed by atoms with Crippen LogP contribution in [0.15, 0.2) is 0 Å². The van der Waals surface area contributed by atoms with E-state index in [0.717, 1.165) is 13.2 Å². The summed E-state index contributed by atoms with van der Waals surface area (Å²) in [6.45, 7) is 13.1. The highest BCUT2D eigenvalue weighted by atomic mass is 16.5. The Kier molecular flexibility index (Phi) is 6.13. The molecule has 0 aromatic carbocycles. The molecule has 0 amide bonds. The third-order valence-corrected chi connectivity index (χ3v) is 3.61. The van der Waals surface area contributed by atoms with Gasteiger partial charge in [-0.25, -0.2) is 0 Å². The van der Waals surface area contributed by atoms with Gasteiger partial charge in [-0.05, 0) is 33.6 Å². The first-order valence-corrected chi connectivity index (χ1v) is 7.65. The largest absolute Gasteiger partial charge is 0.378 e. The van der Waals surface area contributed by atoms with Crippen molar-refractivity contribution in [3.05, 3.63) is 0 Å². The Bertz CT molecular complexity index is 222. The maximum atomic E-state index is 6.15. The Balaban J connectivity index is 2.26. The number of nitrogens with one attached hydrogen (secondary N) is 1. The van der Waals surface area contributed by atoms with Crippen LogP contribution in [0.5, 0.6) is 0 Å². The van der Waals surface area contributed by atoms with Crippen LogP contribution in [0.1, 0.15) is 73.1 Å². The monoisotopic (exact) mass is 255 g/mol. The van der Waals surface area contributed by atoms with E-state index in [9.17, 15) is 0 Å². The van der Waals surface area contributed by atoms with Gasteiger partial charge in [0.1, 0.15) is 0 Å². The first-order valence-electron chi connectivity index (χ1n) is 7.65. The maximum Gasteiger partial charge on any atom is 0.0575 e. The zero-order valence-electron chi connectivity index (χ0n) is 13.1. The van der Waals surface area contributed by atoms with Crippen LogP contribution in [0.2, 0.25) is 0 Å². The van der Waals surface area contributed by atoms with Crippen LogP contribution in [0.3, 0.4) is 0 Å². The molecule has 2 nitrogen and oxygen atoms in total. The molecule has 0 unspecified atom stereocenters. The molecule has 1 rings (SSSR count). The van der Waals surface area contributed by atoms with Crippen molar-refractivity contribution in [1.82, 2.24) is 5.32 Å². The van der Waals surface area contributed by atoms with E-state index in [1.54, 1.807) is 0 Å². The van der Waals surface area contributed by atoms with E-state index in [0.29, 0.717) is 6.10 Å². The molecule has 1 N–H and O–H groups in total. The van der Waals surface area contributed by atoms with Crippen molar-refractivity contribution in [2.24, 2.45) is 5.41 Å². The molecule has 1 aliphatic carbocycles. The van der Waals surface area contributed by atoms with E-state index >= 15 is 0 Å². The summed E-state index contributed by atoms with van der Waals surface area (Å²) in [6, 6.07) is 0. The minimum atomic E-state index is 0.194. The van der Waals surface area contributed by atoms with Crippen molar-refractivity contribution in [2.75, 3.05) is 13.2 Å². The summed E-state index contributed by atoms with van der Waals surface area (Å²) in [5.41, 5.74) is 0.416. The summed E-state index contributed by atoms with van der Waals surface area (Å²) in [5, 5.41) is 3.58. The lowest BCUT2D eigenvalue weighted by atomic mass is 9.93. The zero-order valence-corrected chi connectivity index (χ0v) is 13.1. The smallest absolute Gasteiger partial charge is 0.0575 e. The highest BCUT2D eigenvalue weighted by Crippen LogP contribution is 2.23. The molecule has 108 valence electrons. The third-order valence-electron chi connectivity index (χ3n) is 3.61. The number of hydrogen-bond donors (Lipinski definition) is 1. The van der Waals surface area contributed by atoms with E-state index in [4.69, 9.17) is 4.74 Å². The molecule has 0 atom stereocenters. The van der Waals surface area contributed by atoms with Crippen molar-refractivity contribution < 1.29 is 4.74 Å². The van der Waals surface area contributed by atoms with Crippen LogP contribution in [-0.4, -0.2) is 24.8 Å². The van der Waals surface area contributed by atoms with Gasteiger partial charge in [0.15, 0.2) is 0 Å². The molecule has 0 radical (unpaired) electrons. The van der Waals surface area contributed by atoms with Crippen molar-refractivity contribution in [2.45, 2.75) is 84.8 Å². The Morgan fingerprint density at radius 1 is 0.944 bits per heavy atom. The molecule has 0 aromatic rings. The molecule has 2 heteroatoms. The molecule has 0 saturated heterocycles. The second-order valence-electron chi connectivity index (χ2n) is 7.69. The lowest BCUT2D eigenvalue weighted by Crippen LogP contribution is -2.43. The van der Waals surface area contributed by atoms with Gasteiger partial charge in [0.25, 0.3) is 0 Å². The fourth-order valence-electron chi connectivity index (χ4n) is 2.31. The van der Waals surface area contributed by atoms with E-state index < -0.39 is 0 Å². The van der Waals surface area contributed by atoms with Gasteiger partial charge in [-0.2, -0.15) is 0 Å². The van der Waals surface area contributed by atoms with Gasteiger partial charge in [0.2, 0.25) is 0 Å². The quantitative estimate of drug-likeness (QED) is 0.745. The number of hydrogen-bond acceptors (Lipinski definition) is 2. The topological polar surface area (TPSA) is 21.3 Å². The zero-order chi connectivity index (χ0) is 13.6. The Morgan fingerprint density at radius 2 is 1.50 bits per heavy atom. The van der Waals surface area contributed by atoms with Crippen LogP contribution < -0.4 is 5.32 Å². The molecule has 1 saturated carbocycles. The summed E-state index contributed by atoms with van der Waals surface area (Å²) >= 11 is 0. The normalized spacial score (nSPS) is 19.8. The fraction of sp³-hybridized carbons (Fsp3) is 1.00. The van der Waals surface area contributed by atoms with Crippen LogP contribution >= 0.6 is 0 Å². The van der Waals surface area contributed by atoms with Gasteiger partial charge >= 0.3 is 0 Å². The first kappa shape index (κ1) is 16.0. The molecule has 0 spiro atoms. The standard InChI is InChI=1S/C16H33NO/c1-15(2,3)17-12-16(4,5)13-18-14-10-8-6-7-9-11-14/h14,17H,6-13H2,1-5H3. The van der Waals surface area contributed by atoms with Gasteiger partial charge < -0.3 is 10.1 Å². The van der Waals surface area contributed by atoms with Crippen molar-refractivity contribution in [3.8, 4) is 0 Å². The molecular formula is C16H33NO. The summed E-state index contributed by atoms with van der Waals surface area (Å²) in [4.78, 5) is 0. The third kappa shape index (κ3) is 7.38. The average molecular weight is 255 g/mol. The van der Waals surface area contributed by atoms with Crippen molar-refractivity contribution in [3.63, 3.8) is 0 Å². The summed E-state index contributed by atoms with van der Waals surface area (Å²) in [6.07, 6.45) is 8.55. The van der Waals surface area contributed by atoms with Gasteiger partial charge in [-0.1, -0.05) is 39.5 Å². The lowest BCUT2D eigenvalue weighted by molar-refractivity contribution is -0.00555. The van der Waals surface area contributed by atoms with Gasteiger partial charge in [-0.15, -0.1) is 0 Å². The van der Waals surface area contributed by atoms with Crippen LogP contribution in [0, 0.1) is 5.41 Å². The van der Waals surface area contributed by atoms with Gasteiger partial charge in [0.05, 0.1) is 12.7 Å². The maximum absolute atomic E-state index is 6.15. The summed E-state index contributed by atoms with van der Waals surface area (Å²) < 4.78 is 6.15. The summed E-state index contributed by atoms with van der Waals surface area (Å²) in [7, 11) is 0. The summed E-state index contributed by atoms with van der Waals surface area (Å²) in [5.74, 6) is 0. The first-order chi connectivity index (χ1) is 8.29. The minimum Gasteiger partial charge on any atom is -0.378 e. The van der Waals surface area contributed by atoms with Crippen LogP contribution in [0.25, 0.3) is 0 Å². The van der Waals surface area contributed by atoms with Crippen LogP contribution in [-0.2, 0) is 4.74 Å². The Hall–Kier alpha value is -0.0800. The minimum absolute atomic E-state index is 0.194. The van der Waals surface area contributed by atoms with E-state index in [-0.39, 0.29) is 11.0 Å². The molecule has 1 aliphatic rings.